The summed E-state index contributed by atoms with van der Waals surface area (Å²) in [6.07, 6.45) is 12.5. The van der Waals surface area contributed by atoms with Crippen molar-refractivity contribution in [2.24, 2.45) is 23.7 Å². The number of aromatic hydroxyl groups is 1. The lowest BCUT2D eigenvalue weighted by atomic mass is 9.76. The highest BCUT2D eigenvalue weighted by atomic mass is 32.2. The molecule has 5 atom stereocenters. The molecule has 2 aliphatic carbocycles. The molecule has 2 N–H and O–H groups in total. The molecular weight excluding hydrogens is 498 g/mol. The number of thioether (sulfide) groups is 1. The van der Waals surface area contributed by atoms with Crippen molar-refractivity contribution in [2.75, 3.05) is 24.0 Å². The lowest BCUT2D eigenvalue weighted by Crippen LogP contribution is -2.63. The van der Waals surface area contributed by atoms with Crippen LogP contribution < -0.4 is 10.4 Å². The number of carbonyl (C=O) groups is 1. The minimum Gasteiger partial charge on any atom is -0.502 e. The average molecular weight is 538 g/mol. The number of aliphatic hydroxyl groups excluding tert-OH is 1. The first kappa shape index (κ1) is 26.9. The number of aromatic nitrogens is 1. The number of fused-ring (bicyclic) bond motifs is 1. The van der Waals surface area contributed by atoms with Gasteiger partial charge < -0.3 is 15.1 Å². The van der Waals surface area contributed by atoms with Crippen molar-refractivity contribution in [3.63, 3.8) is 0 Å². The number of hydrogen-bond donors (Lipinski definition) is 2. The van der Waals surface area contributed by atoms with E-state index in [1.165, 1.54) is 27.7 Å². The quantitative estimate of drug-likeness (QED) is 0.579. The second kappa shape index (κ2) is 10.5. The molecule has 0 bridgehead atoms. The summed E-state index contributed by atoms with van der Waals surface area (Å²) in [7, 11) is 0. The van der Waals surface area contributed by atoms with Gasteiger partial charge in [0.2, 0.25) is 5.43 Å². The monoisotopic (exact) mass is 537 g/mol. The zero-order valence-electron chi connectivity index (χ0n) is 22.9. The maximum absolute atomic E-state index is 13.9. The van der Waals surface area contributed by atoms with Gasteiger partial charge in [-0.2, -0.15) is 0 Å². The van der Waals surface area contributed by atoms with Gasteiger partial charge in [0.15, 0.2) is 11.4 Å². The molecule has 204 valence electrons. The molecule has 0 spiro atoms. The topological polar surface area (TPSA) is 86.0 Å². The molecule has 0 aromatic carbocycles. The fraction of sp³-hybridized carbons (Fsp3) is 0.533. The van der Waals surface area contributed by atoms with Gasteiger partial charge in [-0.15, -0.1) is 11.8 Å². The Morgan fingerprint density at radius 3 is 2.42 bits per heavy atom. The summed E-state index contributed by atoms with van der Waals surface area (Å²) in [5.41, 5.74) is 3.35. The van der Waals surface area contributed by atoms with E-state index in [1.807, 2.05) is 18.7 Å². The highest BCUT2D eigenvalue weighted by Gasteiger charge is 2.45. The van der Waals surface area contributed by atoms with Crippen molar-refractivity contribution in [3.8, 4) is 5.75 Å². The second-order valence-electron chi connectivity index (χ2n) is 11.5. The highest BCUT2D eigenvalue weighted by molar-refractivity contribution is 8.03. The number of nitrogens with zero attached hydrogens (tertiary/aromatic N) is 3. The van der Waals surface area contributed by atoms with E-state index in [9.17, 15) is 19.8 Å². The fourth-order valence-corrected chi connectivity index (χ4v) is 7.61. The van der Waals surface area contributed by atoms with Crippen LogP contribution in [0.4, 0.5) is 0 Å². The molecule has 0 saturated carbocycles. The van der Waals surface area contributed by atoms with E-state index in [0.717, 1.165) is 18.6 Å². The molecule has 1 amide bonds. The van der Waals surface area contributed by atoms with Gasteiger partial charge in [0.05, 0.1) is 18.7 Å². The smallest absolute Gasteiger partial charge is 0.278 e. The number of carbonyl (C=O) groups excluding carboxylic acids is 1. The third-order valence-corrected chi connectivity index (χ3v) is 10.0. The van der Waals surface area contributed by atoms with Crippen LogP contribution in [0.25, 0.3) is 0 Å². The highest BCUT2D eigenvalue weighted by Crippen LogP contribution is 2.46. The Labute approximate surface area is 229 Å². The SMILES string of the molecule is CC1CC=CC2=C1C(N1CN([C@@H](CO)[C@@H](C)C(C)C)C(=O)c3c(O)c(=O)ccn31)C1=C(C=CCC1C)SC2. The van der Waals surface area contributed by atoms with Crippen molar-refractivity contribution >= 4 is 17.7 Å². The molecule has 3 heterocycles. The van der Waals surface area contributed by atoms with E-state index in [0.29, 0.717) is 11.8 Å². The summed E-state index contributed by atoms with van der Waals surface area (Å²) in [6, 6.07) is 0.724. The van der Waals surface area contributed by atoms with Gasteiger partial charge in [0.1, 0.15) is 6.67 Å². The normalized spacial score (nSPS) is 26.8. The number of amides is 1. The third-order valence-electron chi connectivity index (χ3n) is 8.89. The summed E-state index contributed by atoms with van der Waals surface area (Å²) < 4.78 is 1.70. The molecule has 38 heavy (non-hydrogen) atoms. The molecule has 7 nitrogen and oxygen atoms in total. The largest absolute Gasteiger partial charge is 0.502 e. The van der Waals surface area contributed by atoms with Crippen LogP contribution in [0, 0.1) is 23.7 Å². The van der Waals surface area contributed by atoms with Gasteiger partial charge in [0.25, 0.3) is 5.91 Å². The van der Waals surface area contributed by atoms with Crippen LogP contribution in [0.5, 0.6) is 5.75 Å². The molecule has 4 aliphatic rings. The molecule has 1 aromatic rings. The summed E-state index contributed by atoms with van der Waals surface area (Å²) in [5, 5.41) is 23.6. The summed E-state index contributed by atoms with van der Waals surface area (Å²) in [4.78, 5) is 29.4. The van der Waals surface area contributed by atoms with Crippen molar-refractivity contribution in [1.82, 2.24) is 9.58 Å². The Kier molecular flexibility index (Phi) is 7.40. The number of allylic oxidation sites excluding steroid dienone is 4. The molecule has 0 saturated heterocycles. The first-order valence-electron chi connectivity index (χ1n) is 13.7. The molecule has 8 heteroatoms. The van der Waals surface area contributed by atoms with Gasteiger partial charge in [-0.3, -0.25) is 19.3 Å². The Bertz CT molecular complexity index is 1260. The fourth-order valence-electron chi connectivity index (χ4n) is 6.37. The molecule has 0 fully saturated rings. The first-order chi connectivity index (χ1) is 18.1. The van der Waals surface area contributed by atoms with E-state index < -0.39 is 23.1 Å². The number of rotatable bonds is 5. The Morgan fingerprint density at radius 1 is 1.05 bits per heavy atom. The Hall–Kier alpha value is -2.71. The van der Waals surface area contributed by atoms with Crippen molar-refractivity contribution in [3.05, 3.63) is 74.1 Å². The van der Waals surface area contributed by atoms with Crippen LogP contribution in [0.3, 0.4) is 0 Å². The Morgan fingerprint density at radius 2 is 1.74 bits per heavy atom. The standard InChI is InChI=1S/C30H39N3O4S/c1-17(2)20(5)22(14-34)31-16-33(32-13-12-23(35)29(36)28(32)30(31)37)27-25-18(3)8-6-10-21(25)15-38-24-11-7-9-19(4)26(24)27/h6-7,10-13,17-20,22,27,34,36H,8-9,14-16H2,1-5H3/t18?,19?,20-,22-,27?/m0/s1. The number of aliphatic hydroxyl groups is 1. The molecular formula is C30H39N3O4S. The zero-order chi connectivity index (χ0) is 27.3. The molecule has 1 aromatic heterocycles. The van der Waals surface area contributed by atoms with Crippen LogP contribution in [-0.2, 0) is 0 Å². The number of pyridine rings is 1. The van der Waals surface area contributed by atoms with Gasteiger partial charge in [-0.1, -0.05) is 58.9 Å². The minimum absolute atomic E-state index is 0.0113. The van der Waals surface area contributed by atoms with Crippen molar-refractivity contribution < 1.29 is 15.0 Å². The van der Waals surface area contributed by atoms with Crippen molar-refractivity contribution in [2.45, 2.75) is 59.5 Å². The van der Waals surface area contributed by atoms with E-state index in [-0.39, 0.29) is 36.8 Å². The predicted octanol–water partition coefficient (Wildman–Crippen LogP) is 4.42. The van der Waals surface area contributed by atoms with Gasteiger partial charge in [-0.25, -0.2) is 0 Å². The maximum Gasteiger partial charge on any atom is 0.278 e. The Balaban J connectivity index is 1.76. The van der Waals surface area contributed by atoms with Gasteiger partial charge in [-0.05, 0) is 53.2 Å². The van der Waals surface area contributed by atoms with E-state index in [2.05, 4.69) is 57.0 Å². The van der Waals surface area contributed by atoms with Crippen LogP contribution in [0.15, 0.2) is 63.0 Å². The lowest BCUT2D eigenvalue weighted by Gasteiger charge is -2.50. The second-order valence-corrected chi connectivity index (χ2v) is 12.5. The van der Waals surface area contributed by atoms with E-state index >= 15 is 0 Å². The average Bonchev–Trinajstić information content (AvgIpc) is 3.06. The summed E-state index contributed by atoms with van der Waals surface area (Å²) >= 11 is 1.86. The zero-order valence-corrected chi connectivity index (χ0v) is 23.7. The molecule has 5 rings (SSSR count). The minimum atomic E-state index is -0.581. The van der Waals surface area contributed by atoms with Gasteiger partial charge >= 0.3 is 0 Å². The lowest BCUT2D eigenvalue weighted by molar-refractivity contribution is 0.0337. The first-order valence-corrected chi connectivity index (χ1v) is 14.7. The van der Waals surface area contributed by atoms with Crippen molar-refractivity contribution in [1.29, 1.82) is 0 Å². The third kappa shape index (κ3) is 4.35. The van der Waals surface area contributed by atoms with E-state index in [4.69, 9.17) is 0 Å². The molecule has 2 aliphatic heterocycles. The van der Waals surface area contributed by atoms with Crippen LogP contribution in [0.2, 0.25) is 0 Å². The molecule has 3 unspecified atom stereocenters. The number of hydrogen-bond acceptors (Lipinski definition) is 6. The summed E-state index contributed by atoms with van der Waals surface area (Å²) in [6.45, 7) is 10.8. The van der Waals surface area contributed by atoms with E-state index in [1.54, 1.807) is 15.8 Å². The van der Waals surface area contributed by atoms with Crippen LogP contribution in [0.1, 0.15) is 57.9 Å². The van der Waals surface area contributed by atoms with Gasteiger partial charge in [0, 0.05) is 22.9 Å². The van der Waals surface area contributed by atoms with Crippen LogP contribution in [-0.4, -0.2) is 56.8 Å². The predicted molar refractivity (Wildman–Crippen MR) is 153 cm³/mol. The maximum atomic E-state index is 13.9. The summed E-state index contributed by atoms with van der Waals surface area (Å²) in [5.74, 6) is 0.747. The molecule has 0 radical (unpaired) electrons. The van der Waals surface area contributed by atoms with Crippen LogP contribution >= 0.6 is 11.8 Å².